The van der Waals surface area contributed by atoms with E-state index < -0.39 is 9.84 Å². The van der Waals surface area contributed by atoms with Crippen molar-refractivity contribution < 1.29 is 17.9 Å². The van der Waals surface area contributed by atoms with E-state index >= 15 is 0 Å². The summed E-state index contributed by atoms with van der Waals surface area (Å²) in [6, 6.07) is 6.39. The molecule has 0 radical (unpaired) electrons. The van der Waals surface area contributed by atoms with E-state index in [0.717, 1.165) is 25.9 Å². The largest absolute Gasteiger partial charge is 0.494 e. The van der Waals surface area contributed by atoms with Gasteiger partial charge in [-0.25, -0.2) is 8.42 Å². The van der Waals surface area contributed by atoms with Gasteiger partial charge in [-0.05, 0) is 62.5 Å². The number of benzene rings is 1. The molecule has 0 bridgehead atoms. The normalized spacial score (nSPS) is 16.8. The molecule has 1 amide bonds. The van der Waals surface area contributed by atoms with Gasteiger partial charge in [0.05, 0.1) is 11.5 Å². The molecule has 1 atom stereocenters. The lowest BCUT2D eigenvalue weighted by molar-refractivity contribution is -0.130. The topological polar surface area (TPSA) is 75.7 Å². The summed E-state index contributed by atoms with van der Waals surface area (Å²) in [5.74, 6) is 1.45. The minimum absolute atomic E-state index is 0. The molecule has 1 aliphatic rings. The first-order chi connectivity index (χ1) is 11.9. The summed E-state index contributed by atoms with van der Waals surface area (Å²) in [6.45, 7) is 3.24. The van der Waals surface area contributed by atoms with Crippen molar-refractivity contribution in [3.8, 4) is 5.75 Å². The van der Waals surface area contributed by atoms with Gasteiger partial charge in [0.1, 0.15) is 5.75 Å². The number of hydrogen-bond donors (Lipinski definition) is 1. The number of amides is 1. The zero-order valence-electron chi connectivity index (χ0n) is 15.4. The monoisotopic (exact) mass is 404 g/mol. The lowest BCUT2D eigenvalue weighted by Gasteiger charge is -2.18. The van der Waals surface area contributed by atoms with Gasteiger partial charge in [0.15, 0.2) is 9.84 Å². The van der Waals surface area contributed by atoms with Crippen LogP contribution in [0.5, 0.6) is 5.75 Å². The van der Waals surface area contributed by atoms with E-state index in [1.807, 2.05) is 7.05 Å². The maximum atomic E-state index is 12.1. The maximum Gasteiger partial charge on any atom is 0.222 e. The van der Waals surface area contributed by atoms with E-state index in [9.17, 15) is 13.2 Å². The maximum absolute atomic E-state index is 12.1. The Morgan fingerprint density at radius 2 is 2.00 bits per heavy atom. The molecule has 0 saturated carbocycles. The first-order valence-corrected chi connectivity index (χ1v) is 10.6. The highest BCUT2D eigenvalue weighted by Crippen LogP contribution is 2.16. The van der Waals surface area contributed by atoms with E-state index in [1.165, 1.54) is 24.8 Å². The van der Waals surface area contributed by atoms with Crippen LogP contribution in [0.4, 0.5) is 0 Å². The Kier molecular flexibility index (Phi) is 9.39. The third-order valence-corrected chi connectivity index (χ3v) is 5.64. The minimum Gasteiger partial charge on any atom is -0.494 e. The second-order valence-electron chi connectivity index (χ2n) is 6.66. The van der Waals surface area contributed by atoms with Crippen LogP contribution in [-0.2, 0) is 14.6 Å². The van der Waals surface area contributed by atoms with Crippen molar-refractivity contribution in [2.75, 3.05) is 39.5 Å². The number of sulfone groups is 1. The van der Waals surface area contributed by atoms with Gasteiger partial charge in [0.2, 0.25) is 5.91 Å². The van der Waals surface area contributed by atoms with E-state index in [1.54, 1.807) is 17.0 Å². The van der Waals surface area contributed by atoms with Gasteiger partial charge < -0.3 is 15.0 Å². The fourth-order valence-corrected chi connectivity index (χ4v) is 3.51. The molecule has 0 aliphatic carbocycles. The van der Waals surface area contributed by atoms with Crippen LogP contribution in [0.2, 0.25) is 0 Å². The quantitative estimate of drug-likeness (QED) is 0.638. The van der Waals surface area contributed by atoms with Crippen molar-refractivity contribution in [3.05, 3.63) is 24.3 Å². The average Bonchev–Trinajstić information content (AvgIpc) is 3.09. The Hall–Kier alpha value is -1.31. The Morgan fingerprint density at radius 3 is 2.58 bits per heavy atom. The van der Waals surface area contributed by atoms with Gasteiger partial charge in [-0.15, -0.1) is 12.4 Å². The van der Waals surface area contributed by atoms with Crippen LogP contribution < -0.4 is 10.1 Å². The predicted octanol–water partition coefficient (Wildman–Crippen LogP) is 2.13. The van der Waals surface area contributed by atoms with Crippen LogP contribution in [0, 0.1) is 5.92 Å². The summed E-state index contributed by atoms with van der Waals surface area (Å²) >= 11 is 0. The van der Waals surface area contributed by atoms with Crippen molar-refractivity contribution in [2.24, 2.45) is 5.92 Å². The SMILES string of the molecule is CN(CCCOc1ccc(S(C)(=O)=O)cc1)C(=O)CCC1CCNC1.Cl. The molecule has 1 saturated heterocycles. The van der Waals surface area contributed by atoms with Crippen molar-refractivity contribution >= 4 is 28.2 Å². The summed E-state index contributed by atoms with van der Waals surface area (Å²) in [7, 11) is -1.35. The number of halogens is 1. The first-order valence-electron chi connectivity index (χ1n) is 8.74. The third-order valence-electron chi connectivity index (χ3n) is 4.51. The molecule has 1 aliphatic heterocycles. The first kappa shape index (κ1) is 22.7. The summed E-state index contributed by atoms with van der Waals surface area (Å²) < 4.78 is 28.4. The van der Waals surface area contributed by atoms with Gasteiger partial charge in [-0.3, -0.25) is 4.79 Å². The summed E-state index contributed by atoms with van der Waals surface area (Å²) in [5.41, 5.74) is 0. The Labute approximate surface area is 162 Å². The average molecular weight is 405 g/mol. The molecule has 1 heterocycles. The van der Waals surface area contributed by atoms with Crippen LogP contribution in [0.25, 0.3) is 0 Å². The molecule has 1 aromatic rings. The summed E-state index contributed by atoms with van der Waals surface area (Å²) in [5, 5.41) is 3.32. The van der Waals surface area contributed by atoms with E-state index in [4.69, 9.17) is 4.74 Å². The van der Waals surface area contributed by atoms with Gasteiger partial charge in [-0.1, -0.05) is 0 Å². The highest BCUT2D eigenvalue weighted by molar-refractivity contribution is 7.90. The van der Waals surface area contributed by atoms with Crippen LogP contribution in [-0.4, -0.2) is 58.8 Å². The third kappa shape index (κ3) is 7.51. The number of carbonyl (C=O) groups excluding carboxylic acids is 1. The minimum atomic E-state index is -3.18. The lowest BCUT2D eigenvalue weighted by atomic mass is 10.0. The fraction of sp³-hybridized carbons (Fsp3) is 0.611. The molecule has 0 aromatic heterocycles. The molecule has 2 rings (SSSR count). The van der Waals surface area contributed by atoms with E-state index in [-0.39, 0.29) is 23.2 Å². The van der Waals surface area contributed by atoms with Gasteiger partial charge >= 0.3 is 0 Å². The van der Waals surface area contributed by atoms with Gasteiger partial charge in [0.25, 0.3) is 0 Å². The fourth-order valence-electron chi connectivity index (χ4n) is 2.88. The summed E-state index contributed by atoms with van der Waals surface area (Å²) in [6.07, 6.45) is 4.65. The molecule has 1 unspecified atom stereocenters. The van der Waals surface area contributed by atoms with E-state index in [2.05, 4.69) is 5.32 Å². The van der Waals surface area contributed by atoms with Gasteiger partial charge in [-0.2, -0.15) is 0 Å². The lowest BCUT2D eigenvalue weighted by Crippen LogP contribution is -2.29. The highest BCUT2D eigenvalue weighted by Gasteiger charge is 2.17. The molecule has 26 heavy (non-hydrogen) atoms. The number of hydrogen-bond acceptors (Lipinski definition) is 5. The molecule has 0 spiro atoms. The van der Waals surface area contributed by atoms with Crippen molar-refractivity contribution in [1.29, 1.82) is 0 Å². The Morgan fingerprint density at radius 1 is 1.31 bits per heavy atom. The molecule has 1 N–H and O–H groups in total. The second kappa shape index (κ2) is 10.7. The number of ether oxygens (including phenoxy) is 1. The Bertz CT molecular complexity index is 658. The number of nitrogens with one attached hydrogen (secondary N) is 1. The molecular formula is C18H29ClN2O4S. The molecule has 8 heteroatoms. The summed E-state index contributed by atoms with van der Waals surface area (Å²) in [4.78, 5) is 14.1. The van der Waals surface area contributed by atoms with Crippen LogP contribution in [0.1, 0.15) is 25.7 Å². The molecular weight excluding hydrogens is 376 g/mol. The zero-order chi connectivity index (χ0) is 18.3. The standard InChI is InChI=1S/C18H28N2O4S.ClH/c1-20(18(21)9-4-15-10-11-19-14-15)12-3-13-24-16-5-7-17(8-6-16)25(2,22)23;/h5-8,15,19H,3-4,9-14H2,1-2H3;1H. The highest BCUT2D eigenvalue weighted by atomic mass is 35.5. The van der Waals surface area contributed by atoms with Crippen molar-refractivity contribution in [2.45, 2.75) is 30.6 Å². The van der Waals surface area contributed by atoms with E-state index in [0.29, 0.717) is 31.2 Å². The number of carbonyl (C=O) groups is 1. The van der Waals surface area contributed by atoms with Crippen molar-refractivity contribution in [3.63, 3.8) is 0 Å². The number of nitrogens with zero attached hydrogens (tertiary/aromatic N) is 1. The molecule has 6 nitrogen and oxygen atoms in total. The van der Waals surface area contributed by atoms with Crippen molar-refractivity contribution in [1.82, 2.24) is 10.2 Å². The van der Waals surface area contributed by atoms with Crippen LogP contribution >= 0.6 is 12.4 Å². The van der Waals surface area contributed by atoms with Crippen LogP contribution in [0.3, 0.4) is 0 Å². The van der Waals surface area contributed by atoms with Crippen LogP contribution in [0.15, 0.2) is 29.2 Å². The Balaban J connectivity index is 0.00000338. The smallest absolute Gasteiger partial charge is 0.222 e. The number of rotatable bonds is 9. The second-order valence-corrected chi connectivity index (χ2v) is 8.67. The molecule has 1 aromatic carbocycles. The predicted molar refractivity (Wildman–Crippen MR) is 105 cm³/mol. The zero-order valence-corrected chi connectivity index (χ0v) is 17.1. The van der Waals surface area contributed by atoms with Gasteiger partial charge in [0, 0.05) is 26.3 Å². The molecule has 148 valence electrons. The molecule has 1 fully saturated rings.